The highest BCUT2D eigenvalue weighted by atomic mass is 32.1. The maximum Gasteiger partial charge on any atom is 0.238 e. The minimum absolute atomic E-state index is 0.0242. The number of amides is 2. The van der Waals surface area contributed by atoms with Crippen molar-refractivity contribution < 1.29 is 9.59 Å². The van der Waals surface area contributed by atoms with Gasteiger partial charge in [-0.05, 0) is 35.1 Å². The highest BCUT2D eigenvalue weighted by Crippen LogP contribution is 2.45. The lowest BCUT2D eigenvalue weighted by Gasteiger charge is -2.28. The lowest BCUT2D eigenvalue weighted by Crippen LogP contribution is -2.44. The second-order valence-corrected chi connectivity index (χ2v) is 8.19. The van der Waals surface area contributed by atoms with Crippen LogP contribution in [0.4, 0.5) is 5.69 Å². The molecule has 1 aromatic heterocycles. The number of nitrogens with zero attached hydrogens (tertiary/aromatic N) is 1. The van der Waals surface area contributed by atoms with E-state index in [1.165, 1.54) is 0 Å². The molecule has 3 aromatic rings. The van der Waals surface area contributed by atoms with Crippen LogP contribution in [0.2, 0.25) is 0 Å². The van der Waals surface area contributed by atoms with Gasteiger partial charge in [0.25, 0.3) is 0 Å². The largest absolute Gasteiger partial charge is 0.351 e. The summed E-state index contributed by atoms with van der Waals surface area (Å²) in [6, 6.07) is 21.7. The lowest BCUT2D eigenvalue weighted by molar-refractivity contribution is -0.129. The van der Waals surface area contributed by atoms with Crippen molar-refractivity contribution in [3.63, 3.8) is 0 Å². The summed E-state index contributed by atoms with van der Waals surface area (Å²) in [5.41, 5.74) is 1.98. The fourth-order valence-corrected chi connectivity index (χ4v) is 4.64. The molecular weight excluding hydrogens is 368 g/mol. The van der Waals surface area contributed by atoms with Gasteiger partial charge in [0.15, 0.2) is 0 Å². The number of likely N-dealkylation sites (N-methyl/N-ethyl adjacent to an activating group) is 1. The van der Waals surface area contributed by atoms with Crippen molar-refractivity contribution in [1.82, 2.24) is 5.32 Å². The molecule has 4 rings (SSSR count). The number of hydrogen-bond donors (Lipinski definition) is 1. The molecule has 0 saturated heterocycles. The van der Waals surface area contributed by atoms with Crippen molar-refractivity contribution in [2.24, 2.45) is 0 Å². The van der Waals surface area contributed by atoms with E-state index in [-0.39, 0.29) is 18.2 Å². The molecule has 1 aliphatic rings. The summed E-state index contributed by atoms with van der Waals surface area (Å²) in [4.78, 5) is 29.1. The van der Waals surface area contributed by atoms with Gasteiger partial charge >= 0.3 is 0 Å². The molecule has 142 valence electrons. The van der Waals surface area contributed by atoms with Gasteiger partial charge in [-0.3, -0.25) is 9.59 Å². The SMILES string of the molecule is CN1C(=O)[C@](CC(=O)NCc2cccs2)(Cc2ccccc2)c2ccccc21. The van der Waals surface area contributed by atoms with Crippen LogP contribution >= 0.6 is 11.3 Å². The van der Waals surface area contributed by atoms with Crippen molar-refractivity contribution in [2.75, 3.05) is 11.9 Å². The van der Waals surface area contributed by atoms with Crippen LogP contribution < -0.4 is 10.2 Å². The third-order valence-electron chi connectivity index (χ3n) is 5.35. The zero-order valence-electron chi connectivity index (χ0n) is 15.7. The maximum atomic E-state index is 13.4. The van der Waals surface area contributed by atoms with E-state index in [4.69, 9.17) is 0 Å². The van der Waals surface area contributed by atoms with Crippen LogP contribution in [0.3, 0.4) is 0 Å². The van der Waals surface area contributed by atoms with Gasteiger partial charge in [-0.25, -0.2) is 0 Å². The molecule has 1 atom stereocenters. The van der Waals surface area contributed by atoms with Crippen molar-refractivity contribution in [1.29, 1.82) is 0 Å². The first-order chi connectivity index (χ1) is 13.6. The standard InChI is InChI=1S/C23H22N2O2S/c1-25-20-12-6-5-11-19(20)23(22(25)27,14-17-8-3-2-4-9-17)15-21(26)24-16-18-10-7-13-28-18/h2-13H,14-16H2,1H3,(H,24,26)/t23-/m0/s1. The van der Waals surface area contributed by atoms with Crippen LogP contribution in [-0.4, -0.2) is 18.9 Å². The Morgan fingerprint density at radius 2 is 1.79 bits per heavy atom. The summed E-state index contributed by atoms with van der Waals surface area (Å²) in [5.74, 6) is -0.133. The number of para-hydroxylation sites is 1. The molecule has 0 bridgehead atoms. The molecule has 2 aromatic carbocycles. The zero-order chi connectivity index (χ0) is 19.6. The number of carbonyl (C=O) groups excluding carboxylic acids is 2. The van der Waals surface area contributed by atoms with E-state index in [1.807, 2.05) is 72.1 Å². The van der Waals surface area contributed by atoms with Crippen LogP contribution in [0.1, 0.15) is 22.4 Å². The minimum Gasteiger partial charge on any atom is -0.351 e. The first-order valence-electron chi connectivity index (χ1n) is 9.31. The first-order valence-corrected chi connectivity index (χ1v) is 10.2. The van der Waals surface area contributed by atoms with E-state index in [1.54, 1.807) is 23.3 Å². The molecule has 2 heterocycles. The summed E-state index contributed by atoms with van der Waals surface area (Å²) in [6.45, 7) is 0.490. The van der Waals surface area contributed by atoms with Crippen molar-refractivity contribution in [3.8, 4) is 0 Å². The summed E-state index contributed by atoms with van der Waals surface area (Å²) in [5, 5.41) is 4.98. The van der Waals surface area contributed by atoms with Crippen LogP contribution in [0, 0.1) is 0 Å². The van der Waals surface area contributed by atoms with E-state index in [2.05, 4.69) is 5.32 Å². The molecule has 1 aliphatic heterocycles. The normalized spacial score (nSPS) is 18.2. The molecule has 2 amide bonds. The average molecular weight is 391 g/mol. The van der Waals surface area contributed by atoms with Gasteiger partial charge in [0.1, 0.15) is 0 Å². The Labute approximate surface area is 168 Å². The number of rotatable bonds is 6. The number of carbonyl (C=O) groups is 2. The Bertz CT molecular complexity index is 985. The summed E-state index contributed by atoms with van der Waals surface area (Å²) in [6.07, 6.45) is 0.633. The third kappa shape index (κ3) is 3.34. The van der Waals surface area contributed by atoms with E-state index in [0.717, 1.165) is 21.7 Å². The van der Waals surface area contributed by atoms with E-state index in [9.17, 15) is 9.59 Å². The topological polar surface area (TPSA) is 49.4 Å². The van der Waals surface area contributed by atoms with Crippen LogP contribution in [0.25, 0.3) is 0 Å². The van der Waals surface area contributed by atoms with Gasteiger partial charge in [-0.2, -0.15) is 0 Å². The fourth-order valence-electron chi connectivity index (χ4n) is 4.00. The molecule has 1 N–H and O–H groups in total. The number of anilines is 1. The number of hydrogen-bond acceptors (Lipinski definition) is 3. The van der Waals surface area contributed by atoms with Crippen molar-refractivity contribution in [3.05, 3.63) is 88.1 Å². The Balaban J connectivity index is 1.66. The van der Waals surface area contributed by atoms with Crippen molar-refractivity contribution >= 4 is 28.8 Å². The highest BCUT2D eigenvalue weighted by molar-refractivity contribution is 7.09. The van der Waals surface area contributed by atoms with Crippen LogP contribution in [0.15, 0.2) is 72.1 Å². The molecule has 0 radical (unpaired) electrons. The van der Waals surface area contributed by atoms with E-state index >= 15 is 0 Å². The van der Waals surface area contributed by atoms with E-state index < -0.39 is 5.41 Å². The quantitative estimate of drug-likeness (QED) is 0.694. The maximum absolute atomic E-state index is 13.4. The summed E-state index contributed by atoms with van der Waals surface area (Å²) >= 11 is 1.61. The number of fused-ring (bicyclic) bond motifs is 1. The predicted octanol–water partition coefficient (Wildman–Crippen LogP) is 3.91. The molecule has 0 saturated carbocycles. The third-order valence-corrected chi connectivity index (χ3v) is 6.22. The predicted molar refractivity (Wildman–Crippen MR) is 112 cm³/mol. The molecule has 0 unspecified atom stereocenters. The Morgan fingerprint density at radius 3 is 2.54 bits per heavy atom. The molecule has 5 heteroatoms. The van der Waals surface area contributed by atoms with Crippen LogP contribution in [-0.2, 0) is 28.0 Å². The fraction of sp³-hybridized carbons (Fsp3) is 0.217. The van der Waals surface area contributed by atoms with Gasteiger partial charge in [0.05, 0.1) is 12.0 Å². The van der Waals surface area contributed by atoms with Gasteiger partial charge in [-0.1, -0.05) is 54.6 Å². The molecule has 4 nitrogen and oxygen atoms in total. The second-order valence-electron chi connectivity index (χ2n) is 7.16. The monoisotopic (exact) mass is 390 g/mol. The Hall–Kier alpha value is -2.92. The molecule has 0 aliphatic carbocycles. The number of nitrogens with one attached hydrogen (secondary N) is 1. The smallest absolute Gasteiger partial charge is 0.238 e. The number of benzene rings is 2. The molecule has 0 spiro atoms. The molecule has 28 heavy (non-hydrogen) atoms. The zero-order valence-corrected chi connectivity index (χ0v) is 16.5. The van der Waals surface area contributed by atoms with Gasteiger partial charge in [0.2, 0.25) is 11.8 Å². The Kier molecular flexibility index (Phi) is 5.01. The summed E-state index contributed by atoms with van der Waals surface area (Å²) < 4.78 is 0. The minimum atomic E-state index is -0.883. The van der Waals surface area contributed by atoms with Crippen molar-refractivity contribution in [2.45, 2.75) is 24.8 Å². The molecule has 0 fully saturated rings. The lowest BCUT2D eigenvalue weighted by atomic mass is 9.73. The van der Waals surface area contributed by atoms with Gasteiger partial charge in [0, 0.05) is 24.0 Å². The average Bonchev–Trinajstić information content (AvgIpc) is 3.31. The molecular formula is C23H22N2O2S. The van der Waals surface area contributed by atoms with Gasteiger partial charge < -0.3 is 10.2 Å². The first kappa shape index (κ1) is 18.4. The number of thiophene rings is 1. The summed E-state index contributed by atoms with van der Waals surface area (Å²) in [7, 11) is 1.79. The van der Waals surface area contributed by atoms with Gasteiger partial charge in [-0.15, -0.1) is 11.3 Å². The van der Waals surface area contributed by atoms with Crippen LogP contribution in [0.5, 0.6) is 0 Å². The van der Waals surface area contributed by atoms with E-state index in [0.29, 0.717) is 13.0 Å². The Morgan fingerprint density at radius 1 is 1.04 bits per heavy atom. The second kappa shape index (κ2) is 7.60. The highest BCUT2D eigenvalue weighted by Gasteiger charge is 2.50.